The molecule has 8 heavy (non-hydrogen) atoms. The van der Waals surface area contributed by atoms with Gasteiger partial charge in [-0.2, -0.15) is 0 Å². The van der Waals surface area contributed by atoms with Crippen LogP contribution in [0.5, 0.6) is 0 Å². The Labute approximate surface area is 158 Å². The SMILES string of the molecule is CCC(=O)O.[Ba+2].[Ca+2].[Ca+2].[H-].[H-].[H-].[H-].[H-].[H-]. The van der Waals surface area contributed by atoms with Gasteiger partial charge < -0.3 is 13.7 Å². The van der Waals surface area contributed by atoms with Crippen LogP contribution < -0.4 is 0 Å². The fourth-order valence-electron chi connectivity index (χ4n) is 0. The minimum absolute atomic E-state index is 0. The summed E-state index contributed by atoms with van der Waals surface area (Å²) >= 11 is 0. The van der Waals surface area contributed by atoms with Gasteiger partial charge in [-0.25, -0.2) is 0 Å². The van der Waals surface area contributed by atoms with Gasteiger partial charge in [0.15, 0.2) is 0 Å². The van der Waals surface area contributed by atoms with Gasteiger partial charge in [0.05, 0.1) is 0 Å². The normalized spacial score (nSPS) is 4.62. The van der Waals surface area contributed by atoms with Crippen LogP contribution in [-0.2, 0) is 4.79 Å². The van der Waals surface area contributed by atoms with Crippen LogP contribution in [0.25, 0.3) is 0 Å². The van der Waals surface area contributed by atoms with E-state index < -0.39 is 5.97 Å². The van der Waals surface area contributed by atoms with Crippen molar-refractivity contribution < 1.29 is 18.5 Å². The van der Waals surface area contributed by atoms with Gasteiger partial charge in [0.1, 0.15) is 0 Å². The Kier molecular flexibility index (Phi) is 47.6. The summed E-state index contributed by atoms with van der Waals surface area (Å²) in [6, 6.07) is 0. The summed E-state index contributed by atoms with van der Waals surface area (Å²) in [5.41, 5.74) is 0. The second-order valence-corrected chi connectivity index (χ2v) is 0.747. The Morgan fingerprint density at radius 3 is 1.75 bits per heavy atom. The first-order valence-corrected chi connectivity index (χ1v) is 1.49. The molecule has 0 saturated carbocycles. The molecule has 0 aliphatic rings. The molecule has 0 aromatic heterocycles. The largest absolute Gasteiger partial charge is 2.00 e. The van der Waals surface area contributed by atoms with Gasteiger partial charge in [0, 0.05) is 6.42 Å². The molecule has 0 aromatic rings. The van der Waals surface area contributed by atoms with Crippen LogP contribution in [0.4, 0.5) is 0 Å². The molecule has 0 rings (SSSR count). The summed E-state index contributed by atoms with van der Waals surface area (Å²) in [5, 5.41) is 7.72. The predicted molar refractivity (Wildman–Crippen MR) is 41.9 cm³/mol. The van der Waals surface area contributed by atoms with Crippen LogP contribution >= 0.6 is 0 Å². The van der Waals surface area contributed by atoms with Crippen molar-refractivity contribution in [3.05, 3.63) is 0 Å². The topological polar surface area (TPSA) is 37.3 Å². The number of aliphatic carboxylic acids is 1. The molecule has 0 unspecified atom stereocenters. The monoisotopic (exact) mass is 298 g/mol. The van der Waals surface area contributed by atoms with E-state index in [0.717, 1.165) is 0 Å². The van der Waals surface area contributed by atoms with E-state index in [1.165, 1.54) is 0 Å². The van der Waals surface area contributed by atoms with Gasteiger partial charge in [-0.1, -0.05) is 6.92 Å². The molecule has 0 radical (unpaired) electrons. The summed E-state index contributed by atoms with van der Waals surface area (Å²) in [6.07, 6.45) is 0.222. The Bertz CT molecular complexity index is 64.3. The van der Waals surface area contributed by atoms with Gasteiger partial charge in [-0.3, -0.25) is 4.79 Å². The third-order valence-corrected chi connectivity index (χ3v) is 0.302. The van der Waals surface area contributed by atoms with Crippen LogP contribution in [0.1, 0.15) is 21.9 Å². The van der Waals surface area contributed by atoms with Crippen molar-refractivity contribution in [2.75, 3.05) is 0 Å². The van der Waals surface area contributed by atoms with E-state index in [1.54, 1.807) is 6.92 Å². The average Bonchev–Trinajstić information content (AvgIpc) is 1.38. The van der Waals surface area contributed by atoms with Crippen molar-refractivity contribution in [3.8, 4) is 0 Å². The number of carboxylic acids is 1. The van der Waals surface area contributed by atoms with E-state index in [2.05, 4.69) is 0 Å². The third kappa shape index (κ3) is 22.7. The maximum atomic E-state index is 9.37. The number of carbonyl (C=O) groups is 1. The predicted octanol–water partition coefficient (Wildman–Crippen LogP) is 0.0136. The fraction of sp³-hybridized carbons (Fsp3) is 0.667. The second kappa shape index (κ2) is 16.9. The fourth-order valence-corrected chi connectivity index (χ4v) is 0. The van der Waals surface area contributed by atoms with Gasteiger partial charge in [-0.15, -0.1) is 0 Å². The minimum atomic E-state index is -0.745. The molecule has 0 aliphatic heterocycles. The van der Waals surface area contributed by atoms with E-state index in [0.29, 0.717) is 0 Å². The quantitative estimate of drug-likeness (QED) is 0.693. The number of hydrogen-bond acceptors (Lipinski definition) is 1. The smallest absolute Gasteiger partial charge is 1.00 e. The summed E-state index contributed by atoms with van der Waals surface area (Å²) < 4.78 is 0. The maximum absolute atomic E-state index is 9.37. The molecule has 0 saturated heterocycles. The summed E-state index contributed by atoms with van der Waals surface area (Å²) in [4.78, 5) is 9.37. The van der Waals surface area contributed by atoms with E-state index in [9.17, 15) is 4.79 Å². The first-order chi connectivity index (χ1) is 2.27. The van der Waals surface area contributed by atoms with Crippen molar-refractivity contribution in [3.63, 3.8) is 0 Å². The zero-order valence-corrected chi connectivity index (χ0v) is 14.0. The van der Waals surface area contributed by atoms with Crippen LogP contribution in [0.2, 0.25) is 0 Å². The van der Waals surface area contributed by atoms with Crippen LogP contribution in [0.15, 0.2) is 0 Å². The zero-order valence-electron chi connectivity index (χ0n) is 11.2. The van der Waals surface area contributed by atoms with Crippen LogP contribution in [0, 0.1) is 0 Å². The number of carboxylic acid groups (broad SMARTS) is 1. The molecule has 0 bridgehead atoms. The Hall–Kier alpha value is 3.56. The van der Waals surface area contributed by atoms with Crippen molar-refractivity contribution in [1.29, 1.82) is 0 Å². The molecule has 5 heteroatoms. The molecule has 1 N–H and O–H groups in total. The van der Waals surface area contributed by atoms with E-state index in [4.69, 9.17) is 5.11 Å². The van der Waals surface area contributed by atoms with Gasteiger partial charge in [0.2, 0.25) is 0 Å². The van der Waals surface area contributed by atoms with Gasteiger partial charge >= 0.3 is 130 Å². The molecule has 0 atom stereocenters. The van der Waals surface area contributed by atoms with Gasteiger partial charge in [0.25, 0.3) is 0 Å². The Morgan fingerprint density at radius 2 is 1.75 bits per heavy atom. The molecule has 0 spiro atoms. The molecule has 0 aromatic carbocycles. The van der Waals surface area contributed by atoms with Gasteiger partial charge in [-0.05, 0) is 0 Å². The zero-order chi connectivity index (χ0) is 4.28. The second-order valence-electron chi connectivity index (χ2n) is 0.747. The molecule has 0 aliphatic carbocycles. The first kappa shape index (κ1) is 22.6. The van der Waals surface area contributed by atoms with Crippen LogP contribution in [0.3, 0.4) is 0 Å². The summed E-state index contributed by atoms with van der Waals surface area (Å²) in [5.74, 6) is -0.745. The molecule has 2 nitrogen and oxygen atoms in total. The molecular formula is C3H12BaCa2O2. The first-order valence-electron chi connectivity index (χ1n) is 1.49. The molecular weight excluding hydrogens is 286 g/mol. The molecule has 0 fully saturated rings. The standard InChI is InChI=1S/C3H6O2.Ba.2Ca.6H/c1-2-3(4)5;;;;;;;;;/h2H2,1H3,(H,4,5);;;;;;;;;/q;3*+2;6*-1. The van der Waals surface area contributed by atoms with Crippen molar-refractivity contribution in [2.24, 2.45) is 0 Å². The summed E-state index contributed by atoms with van der Waals surface area (Å²) in [6.45, 7) is 1.60. The van der Waals surface area contributed by atoms with Crippen LogP contribution in [-0.4, -0.2) is 135 Å². The molecule has 0 heterocycles. The number of rotatable bonds is 1. The summed E-state index contributed by atoms with van der Waals surface area (Å²) in [7, 11) is 0. The number of hydrogen-bond donors (Lipinski definition) is 1. The Balaban J connectivity index is -0.00000000222. The third-order valence-electron chi connectivity index (χ3n) is 0.302. The molecule has 42 valence electrons. The van der Waals surface area contributed by atoms with E-state index in [1.807, 2.05) is 0 Å². The van der Waals surface area contributed by atoms with Crippen molar-refractivity contribution >= 4 is 130 Å². The Morgan fingerprint density at radius 1 is 1.62 bits per heavy atom. The average molecular weight is 298 g/mol. The minimum Gasteiger partial charge on any atom is -1.00 e. The van der Waals surface area contributed by atoms with Crippen molar-refractivity contribution in [1.82, 2.24) is 0 Å². The van der Waals surface area contributed by atoms with Crippen molar-refractivity contribution in [2.45, 2.75) is 13.3 Å². The molecule has 0 amide bonds. The van der Waals surface area contributed by atoms with E-state index >= 15 is 0 Å². The maximum Gasteiger partial charge on any atom is 2.00 e. The van der Waals surface area contributed by atoms with E-state index in [-0.39, 0.29) is 139 Å².